The summed E-state index contributed by atoms with van der Waals surface area (Å²) in [5.41, 5.74) is 2.74. The molecule has 1 aliphatic heterocycles. The van der Waals surface area contributed by atoms with Gasteiger partial charge in [0.2, 0.25) is 0 Å². The van der Waals surface area contributed by atoms with Crippen LogP contribution in [0, 0.1) is 0 Å². The minimum atomic E-state index is -3.62. The number of hydrogen-bond donors (Lipinski definition) is 1. The number of fused-ring (bicyclic) bond motifs is 3. The van der Waals surface area contributed by atoms with Crippen LogP contribution in [-0.4, -0.2) is 35.6 Å². The first-order chi connectivity index (χ1) is 14.4. The lowest BCUT2D eigenvalue weighted by Gasteiger charge is -2.29. The standard InChI is InChI=1S/C22H20N2O5S/c1-24-18-10-8-14(12-17(18)16-6-4-5-7-21(16)30(24,26)27)22(25)23-15-9-11-19(28-2)20(13-15)29-3/h4-13H,1-3H3,(H,23,25). The van der Waals surface area contributed by atoms with E-state index in [1.165, 1.54) is 25.6 Å². The van der Waals surface area contributed by atoms with Crippen molar-refractivity contribution < 1.29 is 22.7 Å². The summed E-state index contributed by atoms with van der Waals surface area (Å²) in [5.74, 6) is 0.741. The van der Waals surface area contributed by atoms with E-state index < -0.39 is 10.0 Å². The number of hydrogen-bond acceptors (Lipinski definition) is 5. The Labute approximate surface area is 174 Å². The number of amides is 1. The number of carbonyl (C=O) groups excluding carboxylic acids is 1. The number of ether oxygens (including phenoxy) is 2. The first kappa shape index (κ1) is 19.8. The van der Waals surface area contributed by atoms with Gasteiger partial charge in [-0.05, 0) is 36.4 Å². The van der Waals surface area contributed by atoms with E-state index in [0.29, 0.717) is 39.6 Å². The van der Waals surface area contributed by atoms with Gasteiger partial charge in [-0.3, -0.25) is 9.10 Å². The predicted molar refractivity (Wildman–Crippen MR) is 115 cm³/mol. The quantitative estimate of drug-likeness (QED) is 0.689. The van der Waals surface area contributed by atoms with Crippen LogP contribution in [0.5, 0.6) is 11.5 Å². The topological polar surface area (TPSA) is 84.9 Å². The van der Waals surface area contributed by atoms with Crippen molar-refractivity contribution in [2.24, 2.45) is 0 Å². The number of sulfonamides is 1. The van der Waals surface area contributed by atoms with Crippen molar-refractivity contribution in [1.82, 2.24) is 0 Å². The van der Waals surface area contributed by atoms with Crippen molar-refractivity contribution in [3.05, 3.63) is 66.2 Å². The molecule has 1 aliphatic rings. The fourth-order valence-corrected chi connectivity index (χ4v) is 4.90. The number of benzene rings is 3. The molecular formula is C22H20N2O5S. The highest BCUT2D eigenvalue weighted by molar-refractivity contribution is 7.93. The first-order valence-corrected chi connectivity index (χ1v) is 10.6. The number of nitrogens with one attached hydrogen (secondary N) is 1. The zero-order valence-corrected chi connectivity index (χ0v) is 17.5. The van der Waals surface area contributed by atoms with Crippen LogP contribution in [0.15, 0.2) is 65.6 Å². The van der Waals surface area contributed by atoms with E-state index in [4.69, 9.17) is 9.47 Å². The second-order valence-electron chi connectivity index (χ2n) is 6.72. The van der Waals surface area contributed by atoms with Gasteiger partial charge in [0.05, 0.1) is 24.8 Å². The van der Waals surface area contributed by atoms with Gasteiger partial charge in [0, 0.05) is 35.5 Å². The number of rotatable bonds is 4. The van der Waals surface area contributed by atoms with Crippen molar-refractivity contribution in [3.63, 3.8) is 0 Å². The van der Waals surface area contributed by atoms with Gasteiger partial charge in [0.15, 0.2) is 11.5 Å². The van der Waals surface area contributed by atoms with Crippen molar-refractivity contribution in [2.75, 3.05) is 30.9 Å². The molecule has 3 aromatic rings. The summed E-state index contributed by atoms with van der Waals surface area (Å²) in [6, 6.07) is 16.8. The normalized spacial score (nSPS) is 13.8. The van der Waals surface area contributed by atoms with Gasteiger partial charge in [-0.1, -0.05) is 18.2 Å². The first-order valence-electron chi connectivity index (χ1n) is 9.12. The van der Waals surface area contributed by atoms with Crippen LogP contribution in [0.1, 0.15) is 10.4 Å². The number of nitrogens with zero attached hydrogens (tertiary/aromatic N) is 1. The highest BCUT2D eigenvalue weighted by atomic mass is 32.2. The lowest BCUT2D eigenvalue weighted by Crippen LogP contribution is -2.30. The third kappa shape index (κ3) is 3.15. The fourth-order valence-electron chi connectivity index (χ4n) is 3.48. The Hall–Kier alpha value is -3.52. The molecule has 0 aromatic heterocycles. The van der Waals surface area contributed by atoms with Crippen molar-refractivity contribution >= 4 is 27.3 Å². The molecule has 30 heavy (non-hydrogen) atoms. The molecule has 7 nitrogen and oxygen atoms in total. The zero-order chi connectivity index (χ0) is 21.5. The molecule has 1 heterocycles. The summed E-state index contributed by atoms with van der Waals surface area (Å²) in [5, 5.41) is 2.84. The Morgan fingerprint density at radius 2 is 1.63 bits per heavy atom. The Morgan fingerprint density at radius 1 is 0.900 bits per heavy atom. The minimum Gasteiger partial charge on any atom is -0.493 e. The van der Waals surface area contributed by atoms with Gasteiger partial charge in [-0.25, -0.2) is 8.42 Å². The smallest absolute Gasteiger partial charge is 0.264 e. The van der Waals surface area contributed by atoms with E-state index in [0.717, 1.165) is 0 Å². The molecule has 0 bridgehead atoms. The summed E-state index contributed by atoms with van der Waals surface area (Å²) in [6.07, 6.45) is 0. The Bertz CT molecular complexity index is 1250. The lowest BCUT2D eigenvalue weighted by atomic mass is 10.00. The second kappa shape index (κ2) is 7.38. The molecule has 0 radical (unpaired) electrons. The molecule has 1 N–H and O–H groups in total. The molecule has 0 spiro atoms. The maximum absolute atomic E-state index is 12.9. The van der Waals surface area contributed by atoms with Gasteiger partial charge in [-0.2, -0.15) is 0 Å². The molecule has 1 amide bonds. The largest absolute Gasteiger partial charge is 0.493 e. The minimum absolute atomic E-state index is 0.220. The second-order valence-corrected chi connectivity index (χ2v) is 8.66. The van der Waals surface area contributed by atoms with E-state index in [9.17, 15) is 13.2 Å². The highest BCUT2D eigenvalue weighted by Gasteiger charge is 2.32. The summed E-state index contributed by atoms with van der Waals surface area (Å²) in [4.78, 5) is 13.1. The zero-order valence-electron chi connectivity index (χ0n) is 16.7. The monoisotopic (exact) mass is 424 g/mol. The van der Waals surface area contributed by atoms with Crippen LogP contribution in [-0.2, 0) is 10.0 Å². The summed E-state index contributed by atoms with van der Waals surface area (Å²) in [6.45, 7) is 0. The summed E-state index contributed by atoms with van der Waals surface area (Å²) in [7, 11) is 0.947. The van der Waals surface area contributed by atoms with E-state index in [-0.39, 0.29) is 10.8 Å². The van der Waals surface area contributed by atoms with Gasteiger partial charge >= 0.3 is 0 Å². The van der Waals surface area contributed by atoms with Crippen LogP contribution in [0.25, 0.3) is 11.1 Å². The lowest BCUT2D eigenvalue weighted by molar-refractivity contribution is 0.102. The average molecular weight is 424 g/mol. The van der Waals surface area contributed by atoms with Gasteiger partial charge < -0.3 is 14.8 Å². The van der Waals surface area contributed by atoms with Crippen molar-refractivity contribution in [2.45, 2.75) is 4.90 Å². The van der Waals surface area contributed by atoms with E-state index in [1.807, 2.05) is 0 Å². The SMILES string of the molecule is COc1ccc(NC(=O)c2ccc3c(c2)-c2ccccc2S(=O)(=O)N3C)cc1OC. The molecule has 4 rings (SSSR count). The molecule has 0 aliphatic carbocycles. The Morgan fingerprint density at radius 3 is 2.37 bits per heavy atom. The number of methoxy groups -OCH3 is 2. The van der Waals surface area contributed by atoms with Crippen LogP contribution >= 0.6 is 0 Å². The van der Waals surface area contributed by atoms with Crippen LogP contribution in [0.4, 0.5) is 11.4 Å². The fraction of sp³-hybridized carbons (Fsp3) is 0.136. The Balaban J connectivity index is 1.71. The molecular weight excluding hydrogens is 404 g/mol. The highest BCUT2D eigenvalue weighted by Crippen LogP contribution is 2.42. The van der Waals surface area contributed by atoms with Crippen LogP contribution < -0.4 is 19.1 Å². The van der Waals surface area contributed by atoms with Gasteiger partial charge in [-0.15, -0.1) is 0 Å². The van der Waals surface area contributed by atoms with Crippen molar-refractivity contribution in [3.8, 4) is 22.6 Å². The molecule has 154 valence electrons. The van der Waals surface area contributed by atoms with Crippen LogP contribution in [0.2, 0.25) is 0 Å². The molecule has 0 unspecified atom stereocenters. The van der Waals surface area contributed by atoms with Gasteiger partial charge in [0.1, 0.15) is 0 Å². The molecule has 0 saturated heterocycles. The van der Waals surface area contributed by atoms with E-state index >= 15 is 0 Å². The number of anilines is 2. The maximum atomic E-state index is 12.9. The summed E-state index contributed by atoms with van der Waals surface area (Å²) >= 11 is 0. The third-order valence-corrected chi connectivity index (χ3v) is 6.88. The van der Waals surface area contributed by atoms with Gasteiger partial charge in [0.25, 0.3) is 15.9 Å². The summed E-state index contributed by atoms with van der Waals surface area (Å²) < 4.78 is 37.2. The van der Waals surface area contributed by atoms with E-state index in [2.05, 4.69) is 5.32 Å². The molecule has 8 heteroatoms. The molecule has 3 aromatic carbocycles. The maximum Gasteiger partial charge on any atom is 0.264 e. The Kier molecular flexibility index (Phi) is 4.87. The predicted octanol–water partition coefficient (Wildman–Crippen LogP) is 3.76. The number of carbonyl (C=O) groups is 1. The van der Waals surface area contributed by atoms with Crippen LogP contribution in [0.3, 0.4) is 0 Å². The van der Waals surface area contributed by atoms with Crippen molar-refractivity contribution in [1.29, 1.82) is 0 Å². The third-order valence-electron chi connectivity index (χ3n) is 5.06. The average Bonchev–Trinajstić information content (AvgIpc) is 2.77. The molecule has 0 saturated carbocycles. The molecule has 0 fully saturated rings. The molecule has 0 atom stereocenters. The van der Waals surface area contributed by atoms with E-state index in [1.54, 1.807) is 60.7 Å².